The van der Waals surface area contributed by atoms with Gasteiger partial charge >= 0.3 is 0 Å². The van der Waals surface area contributed by atoms with Crippen molar-refractivity contribution < 1.29 is 12.8 Å². The molecule has 0 radical (unpaired) electrons. The van der Waals surface area contributed by atoms with Gasteiger partial charge in [-0.25, -0.2) is 17.5 Å². The second kappa shape index (κ2) is 7.59. The maximum atomic E-state index is 13.8. The van der Waals surface area contributed by atoms with E-state index in [0.717, 1.165) is 11.1 Å². The molecule has 25 heavy (non-hydrogen) atoms. The molecule has 0 aliphatic heterocycles. The highest BCUT2D eigenvalue weighted by atomic mass is 32.2. The highest BCUT2D eigenvalue weighted by molar-refractivity contribution is 7.88. The van der Waals surface area contributed by atoms with Crippen LogP contribution in [0.1, 0.15) is 22.7 Å². The van der Waals surface area contributed by atoms with E-state index in [2.05, 4.69) is 4.72 Å². The van der Waals surface area contributed by atoms with Crippen LogP contribution in [-0.4, -0.2) is 8.42 Å². The fraction of sp³-hybridized carbons (Fsp3) is 0.100. The molecule has 1 N–H and O–H groups in total. The van der Waals surface area contributed by atoms with Gasteiger partial charge in [-0.05, 0) is 17.2 Å². The van der Waals surface area contributed by atoms with Gasteiger partial charge < -0.3 is 0 Å². The van der Waals surface area contributed by atoms with Gasteiger partial charge in [-0.2, -0.15) is 0 Å². The first kappa shape index (κ1) is 17.3. The molecule has 0 fully saturated rings. The summed E-state index contributed by atoms with van der Waals surface area (Å²) in [6, 6.07) is 24.0. The van der Waals surface area contributed by atoms with Crippen LogP contribution in [0.4, 0.5) is 4.39 Å². The maximum absolute atomic E-state index is 13.8. The molecule has 0 spiro atoms. The Hall–Kier alpha value is -2.50. The van der Waals surface area contributed by atoms with Crippen molar-refractivity contribution in [3.8, 4) is 0 Å². The Morgan fingerprint density at radius 1 is 0.760 bits per heavy atom. The van der Waals surface area contributed by atoms with Gasteiger partial charge in [-0.15, -0.1) is 0 Å². The van der Waals surface area contributed by atoms with E-state index in [9.17, 15) is 12.8 Å². The van der Waals surface area contributed by atoms with Crippen LogP contribution in [0.2, 0.25) is 0 Å². The van der Waals surface area contributed by atoms with Crippen LogP contribution in [-0.2, 0) is 15.8 Å². The Bertz CT molecular complexity index is 889. The Balaban J connectivity index is 1.91. The Kier molecular flexibility index (Phi) is 5.26. The van der Waals surface area contributed by atoms with Crippen molar-refractivity contribution in [2.24, 2.45) is 0 Å². The van der Waals surface area contributed by atoms with E-state index in [4.69, 9.17) is 0 Å². The summed E-state index contributed by atoms with van der Waals surface area (Å²) in [6.45, 7) is 0. The van der Waals surface area contributed by atoms with Crippen molar-refractivity contribution in [1.82, 2.24) is 4.72 Å². The minimum Gasteiger partial charge on any atom is -0.212 e. The van der Waals surface area contributed by atoms with Gasteiger partial charge in [-0.3, -0.25) is 0 Å². The molecule has 128 valence electrons. The number of benzene rings is 3. The average molecular weight is 355 g/mol. The summed E-state index contributed by atoms with van der Waals surface area (Å²) < 4.78 is 41.8. The Morgan fingerprint density at radius 2 is 1.24 bits per heavy atom. The predicted octanol–water partition coefficient (Wildman–Crippen LogP) is 4.03. The maximum Gasteiger partial charge on any atom is 0.216 e. The number of hydrogen-bond donors (Lipinski definition) is 1. The van der Waals surface area contributed by atoms with Gasteiger partial charge in [0, 0.05) is 5.56 Å². The number of hydrogen-bond acceptors (Lipinski definition) is 2. The molecule has 0 amide bonds. The van der Waals surface area contributed by atoms with Crippen molar-refractivity contribution >= 4 is 10.0 Å². The summed E-state index contributed by atoms with van der Waals surface area (Å²) >= 11 is 0. The standard InChI is InChI=1S/C20H18FNO2S/c21-19-14-8-7-13-18(19)15-25(23,24)22-20(16-9-3-1-4-10-16)17-11-5-2-6-12-17/h1-14,20,22H,15H2. The SMILES string of the molecule is O=S(=O)(Cc1ccccc1F)NC(c1ccccc1)c1ccccc1. The van der Waals surface area contributed by atoms with Crippen molar-refractivity contribution in [3.63, 3.8) is 0 Å². The molecule has 3 nitrogen and oxygen atoms in total. The monoisotopic (exact) mass is 355 g/mol. The highest BCUT2D eigenvalue weighted by Crippen LogP contribution is 2.23. The lowest BCUT2D eigenvalue weighted by molar-refractivity contribution is 0.566. The van der Waals surface area contributed by atoms with Crippen LogP contribution in [0, 0.1) is 5.82 Å². The summed E-state index contributed by atoms with van der Waals surface area (Å²) in [5.41, 5.74) is 1.80. The average Bonchev–Trinajstić information content (AvgIpc) is 2.63. The van der Waals surface area contributed by atoms with Gasteiger partial charge in [-0.1, -0.05) is 78.9 Å². The summed E-state index contributed by atoms with van der Waals surface area (Å²) in [6.07, 6.45) is 0. The molecule has 0 saturated heterocycles. The van der Waals surface area contributed by atoms with Crippen LogP contribution in [0.25, 0.3) is 0 Å². The molecule has 0 aromatic heterocycles. The minimum absolute atomic E-state index is 0.148. The van der Waals surface area contributed by atoms with Gasteiger partial charge in [0.25, 0.3) is 0 Å². The smallest absolute Gasteiger partial charge is 0.212 e. The third-order valence-electron chi connectivity index (χ3n) is 3.87. The van der Waals surface area contributed by atoms with E-state index < -0.39 is 27.6 Å². The van der Waals surface area contributed by atoms with E-state index in [1.54, 1.807) is 6.07 Å². The largest absolute Gasteiger partial charge is 0.216 e. The topological polar surface area (TPSA) is 46.2 Å². The Labute approximate surface area is 147 Å². The summed E-state index contributed by atoms with van der Waals surface area (Å²) in [4.78, 5) is 0. The van der Waals surface area contributed by atoms with Crippen molar-refractivity contribution in [2.75, 3.05) is 0 Å². The van der Waals surface area contributed by atoms with E-state index in [-0.39, 0.29) is 5.56 Å². The third kappa shape index (κ3) is 4.53. The zero-order valence-corrected chi connectivity index (χ0v) is 14.3. The molecule has 5 heteroatoms. The molecular formula is C20H18FNO2S. The van der Waals surface area contributed by atoms with Crippen LogP contribution < -0.4 is 4.72 Å². The van der Waals surface area contributed by atoms with Crippen molar-refractivity contribution in [1.29, 1.82) is 0 Å². The molecule has 0 atom stereocenters. The molecule has 3 rings (SSSR count). The molecule has 0 heterocycles. The lowest BCUT2D eigenvalue weighted by Gasteiger charge is -2.20. The molecule has 0 aliphatic carbocycles. The molecule has 0 saturated carbocycles. The number of halogens is 1. The number of sulfonamides is 1. The molecule has 0 aliphatic rings. The number of nitrogens with one attached hydrogen (secondary N) is 1. The lowest BCUT2D eigenvalue weighted by Crippen LogP contribution is -2.30. The number of rotatable bonds is 6. The minimum atomic E-state index is -3.74. The van der Waals surface area contributed by atoms with Crippen LogP contribution >= 0.6 is 0 Å². The fourth-order valence-corrected chi connectivity index (χ4v) is 4.02. The van der Waals surface area contributed by atoms with Crippen molar-refractivity contribution in [2.45, 2.75) is 11.8 Å². The second-order valence-corrected chi connectivity index (χ2v) is 7.48. The summed E-state index contributed by atoms with van der Waals surface area (Å²) in [5, 5.41) is 0. The lowest BCUT2D eigenvalue weighted by atomic mass is 10.00. The van der Waals surface area contributed by atoms with Gasteiger partial charge in [0.15, 0.2) is 0 Å². The first-order valence-corrected chi connectivity index (χ1v) is 9.54. The van der Waals surface area contributed by atoms with Crippen molar-refractivity contribution in [3.05, 3.63) is 107 Å². The quantitative estimate of drug-likeness (QED) is 0.725. The Morgan fingerprint density at radius 3 is 1.76 bits per heavy atom. The van der Waals surface area contributed by atoms with Gasteiger partial charge in [0.05, 0.1) is 11.8 Å². The molecule has 0 unspecified atom stereocenters. The van der Waals surface area contributed by atoms with Crippen LogP contribution in [0.5, 0.6) is 0 Å². The summed E-state index contributed by atoms with van der Waals surface area (Å²) in [7, 11) is -3.74. The van der Waals surface area contributed by atoms with Crippen LogP contribution in [0.15, 0.2) is 84.9 Å². The first-order chi connectivity index (χ1) is 12.1. The zero-order valence-electron chi connectivity index (χ0n) is 13.5. The first-order valence-electron chi connectivity index (χ1n) is 7.88. The molecule has 3 aromatic carbocycles. The van der Waals surface area contributed by atoms with Gasteiger partial charge in [0.1, 0.15) is 5.82 Å². The van der Waals surface area contributed by atoms with Crippen LogP contribution in [0.3, 0.4) is 0 Å². The predicted molar refractivity (Wildman–Crippen MR) is 96.9 cm³/mol. The second-order valence-electron chi connectivity index (χ2n) is 5.72. The van der Waals surface area contributed by atoms with E-state index in [0.29, 0.717) is 0 Å². The molecule has 0 bridgehead atoms. The highest BCUT2D eigenvalue weighted by Gasteiger charge is 2.22. The summed E-state index contributed by atoms with van der Waals surface area (Å²) in [5.74, 6) is -0.931. The van der Waals surface area contributed by atoms with E-state index in [1.165, 1.54) is 18.2 Å². The third-order valence-corrected chi connectivity index (χ3v) is 5.15. The fourth-order valence-electron chi connectivity index (χ4n) is 2.66. The normalized spacial score (nSPS) is 11.6. The molecular weight excluding hydrogens is 337 g/mol. The van der Waals surface area contributed by atoms with E-state index in [1.807, 2.05) is 60.7 Å². The van der Waals surface area contributed by atoms with E-state index >= 15 is 0 Å². The van der Waals surface area contributed by atoms with Gasteiger partial charge in [0.2, 0.25) is 10.0 Å². The molecule has 3 aromatic rings. The zero-order chi connectivity index (χ0) is 17.7.